The summed E-state index contributed by atoms with van der Waals surface area (Å²) in [4.78, 5) is 3.37. The molecule has 0 bridgehead atoms. The highest BCUT2D eigenvalue weighted by atomic mass is 35.5. The van der Waals surface area contributed by atoms with Gasteiger partial charge in [0.1, 0.15) is 0 Å². The molecule has 0 amide bonds. The van der Waals surface area contributed by atoms with Gasteiger partial charge in [0.25, 0.3) is 0 Å². The summed E-state index contributed by atoms with van der Waals surface area (Å²) in [5.74, 6) is 0. The summed E-state index contributed by atoms with van der Waals surface area (Å²) in [5, 5.41) is 0.663. The topological polar surface area (TPSA) is 4.36 Å². The number of hydrogen-bond donors (Lipinski definition) is 0. The Morgan fingerprint density at radius 2 is 2.25 bits per heavy atom. The molecule has 12 heavy (non-hydrogen) atoms. The smallest absolute Gasteiger partial charge is 0.194 e. The van der Waals surface area contributed by atoms with Gasteiger partial charge in [-0.15, -0.1) is 0 Å². The highest BCUT2D eigenvalue weighted by Crippen LogP contribution is 2.24. The van der Waals surface area contributed by atoms with E-state index in [0.29, 0.717) is 10.7 Å². The van der Waals surface area contributed by atoms with Crippen molar-refractivity contribution in [2.75, 3.05) is 0 Å². The normalized spacial score (nSPS) is 10.1. The van der Waals surface area contributed by atoms with Crippen molar-refractivity contribution in [3.05, 3.63) is 46.3 Å². The molecule has 60 valence electrons. The number of halogens is 1. The van der Waals surface area contributed by atoms with E-state index in [9.17, 15) is 0 Å². The summed E-state index contributed by atoms with van der Waals surface area (Å²) in [6.45, 7) is 8.79. The first-order chi connectivity index (χ1) is 5.77. The Bertz CT molecular complexity index is 347. The molecule has 0 heterocycles. The molecule has 1 rings (SSSR count). The summed E-state index contributed by atoms with van der Waals surface area (Å²) in [6.07, 6.45) is 3.76. The van der Waals surface area contributed by atoms with E-state index in [0.717, 1.165) is 5.56 Å². The van der Waals surface area contributed by atoms with E-state index in [4.69, 9.17) is 18.2 Å². The van der Waals surface area contributed by atoms with Gasteiger partial charge < -0.3 is 0 Å². The van der Waals surface area contributed by atoms with Crippen LogP contribution in [0.5, 0.6) is 0 Å². The van der Waals surface area contributed by atoms with Gasteiger partial charge in [0.15, 0.2) is 5.69 Å². The van der Waals surface area contributed by atoms with Crippen LogP contribution in [-0.2, 0) is 0 Å². The van der Waals surface area contributed by atoms with Crippen LogP contribution >= 0.6 is 11.6 Å². The molecule has 0 aromatic heterocycles. The molecule has 0 atom stereocenters. The average molecular weight is 178 g/mol. The lowest BCUT2D eigenvalue weighted by Gasteiger charge is -1.97. The van der Waals surface area contributed by atoms with E-state index in [-0.39, 0.29) is 0 Å². The first kappa shape index (κ1) is 8.83. The third-order valence-electron chi connectivity index (χ3n) is 1.46. The Balaban J connectivity index is 3.24. The minimum Gasteiger partial charge on any atom is -0.238 e. The summed E-state index contributed by atoms with van der Waals surface area (Å²) < 4.78 is 0. The third-order valence-corrected chi connectivity index (χ3v) is 1.69. The van der Waals surface area contributed by atoms with Gasteiger partial charge in [-0.05, 0) is 18.6 Å². The number of benzene rings is 1. The van der Waals surface area contributed by atoms with E-state index >= 15 is 0 Å². The van der Waals surface area contributed by atoms with Crippen molar-refractivity contribution in [3.8, 4) is 0 Å². The van der Waals surface area contributed by atoms with Crippen molar-refractivity contribution in [2.45, 2.75) is 6.92 Å². The van der Waals surface area contributed by atoms with Crippen molar-refractivity contribution in [1.29, 1.82) is 0 Å². The highest BCUT2D eigenvalue weighted by molar-refractivity contribution is 6.30. The zero-order valence-electron chi connectivity index (χ0n) is 6.71. The Morgan fingerprint density at radius 1 is 1.50 bits per heavy atom. The number of rotatable bonds is 1. The quantitative estimate of drug-likeness (QED) is 0.573. The summed E-state index contributed by atoms with van der Waals surface area (Å²) >= 11 is 5.77. The second kappa shape index (κ2) is 3.94. The SMILES string of the molecule is [C-]#[N+]c1ccc(Cl)cc1/C=C/C. The van der Waals surface area contributed by atoms with E-state index in [1.54, 1.807) is 18.2 Å². The minimum absolute atomic E-state index is 0.637. The maximum atomic E-state index is 6.88. The molecule has 0 aliphatic rings. The van der Waals surface area contributed by atoms with Gasteiger partial charge in [0.2, 0.25) is 0 Å². The van der Waals surface area contributed by atoms with Crippen LogP contribution in [0.3, 0.4) is 0 Å². The van der Waals surface area contributed by atoms with Gasteiger partial charge in [-0.1, -0.05) is 35.9 Å². The molecular formula is C10H8ClN. The molecule has 0 saturated carbocycles. The molecule has 0 spiro atoms. The van der Waals surface area contributed by atoms with E-state index in [1.807, 2.05) is 19.1 Å². The highest BCUT2D eigenvalue weighted by Gasteiger charge is 1.98. The van der Waals surface area contributed by atoms with Crippen LogP contribution in [0.4, 0.5) is 5.69 Å². The molecule has 0 N–H and O–H groups in total. The molecule has 1 aromatic carbocycles. The molecule has 0 unspecified atom stereocenters. The monoisotopic (exact) mass is 177 g/mol. The van der Waals surface area contributed by atoms with Crippen molar-refractivity contribution in [2.24, 2.45) is 0 Å². The van der Waals surface area contributed by atoms with Crippen molar-refractivity contribution in [1.82, 2.24) is 0 Å². The van der Waals surface area contributed by atoms with Crippen molar-refractivity contribution >= 4 is 23.4 Å². The molecule has 0 aliphatic carbocycles. The number of hydrogen-bond acceptors (Lipinski definition) is 0. The van der Waals surface area contributed by atoms with Gasteiger partial charge in [-0.3, -0.25) is 0 Å². The molecule has 2 heteroatoms. The maximum absolute atomic E-state index is 6.88. The summed E-state index contributed by atoms with van der Waals surface area (Å²) in [7, 11) is 0. The predicted molar refractivity (Wildman–Crippen MR) is 52.4 cm³/mol. The standard InChI is InChI=1S/C10H8ClN/c1-3-4-8-7-9(11)5-6-10(8)12-2/h3-7H,1H3/b4-3+. The first-order valence-corrected chi connectivity index (χ1v) is 3.95. The molecule has 0 aliphatic heterocycles. The van der Waals surface area contributed by atoms with Crippen LogP contribution in [-0.4, -0.2) is 0 Å². The summed E-state index contributed by atoms with van der Waals surface area (Å²) in [5.41, 5.74) is 1.51. The maximum Gasteiger partial charge on any atom is 0.194 e. The van der Waals surface area contributed by atoms with Crippen LogP contribution in [0.15, 0.2) is 24.3 Å². The van der Waals surface area contributed by atoms with E-state index < -0.39 is 0 Å². The van der Waals surface area contributed by atoms with Gasteiger partial charge in [0.05, 0.1) is 6.57 Å². The van der Waals surface area contributed by atoms with Crippen LogP contribution in [0.1, 0.15) is 12.5 Å². The molecule has 1 aromatic rings. The fourth-order valence-corrected chi connectivity index (χ4v) is 1.12. The van der Waals surface area contributed by atoms with Crippen LogP contribution in [0, 0.1) is 6.57 Å². The number of nitrogens with zero attached hydrogens (tertiary/aromatic N) is 1. The fourth-order valence-electron chi connectivity index (χ4n) is 0.940. The van der Waals surface area contributed by atoms with Crippen LogP contribution in [0.25, 0.3) is 10.9 Å². The molecule has 1 nitrogen and oxygen atoms in total. The lowest BCUT2D eigenvalue weighted by molar-refractivity contribution is 1.65. The van der Waals surface area contributed by atoms with Gasteiger partial charge in [-0.25, -0.2) is 4.85 Å². The van der Waals surface area contributed by atoms with Crippen LogP contribution < -0.4 is 0 Å². The lowest BCUT2D eigenvalue weighted by Crippen LogP contribution is -1.72. The molecule has 0 saturated heterocycles. The zero-order valence-corrected chi connectivity index (χ0v) is 7.47. The Kier molecular flexibility index (Phi) is 2.90. The largest absolute Gasteiger partial charge is 0.238 e. The molecular weight excluding hydrogens is 170 g/mol. The predicted octanol–water partition coefficient (Wildman–Crippen LogP) is 3.92. The third kappa shape index (κ3) is 1.87. The Morgan fingerprint density at radius 3 is 2.83 bits per heavy atom. The van der Waals surface area contributed by atoms with Crippen molar-refractivity contribution in [3.63, 3.8) is 0 Å². The molecule has 0 radical (unpaired) electrons. The average Bonchev–Trinajstić information content (AvgIpc) is 2.05. The van der Waals surface area contributed by atoms with E-state index in [1.165, 1.54) is 0 Å². The lowest BCUT2D eigenvalue weighted by atomic mass is 10.2. The Labute approximate surface area is 77.1 Å². The van der Waals surface area contributed by atoms with Crippen molar-refractivity contribution < 1.29 is 0 Å². The fraction of sp³-hybridized carbons (Fsp3) is 0.100. The van der Waals surface area contributed by atoms with Gasteiger partial charge in [-0.2, -0.15) is 0 Å². The second-order valence-corrected chi connectivity index (χ2v) is 2.75. The second-order valence-electron chi connectivity index (χ2n) is 2.31. The summed E-state index contributed by atoms with van der Waals surface area (Å²) in [6, 6.07) is 5.24. The van der Waals surface area contributed by atoms with Gasteiger partial charge in [0, 0.05) is 5.02 Å². The first-order valence-electron chi connectivity index (χ1n) is 3.57. The molecule has 0 fully saturated rings. The van der Waals surface area contributed by atoms with Crippen LogP contribution in [0.2, 0.25) is 5.02 Å². The number of allylic oxidation sites excluding steroid dienone is 1. The van der Waals surface area contributed by atoms with Gasteiger partial charge >= 0.3 is 0 Å². The van der Waals surface area contributed by atoms with E-state index in [2.05, 4.69) is 4.85 Å². The Hall–Kier alpha value is -1.26. The minimum atomic E-state index is 0.637. The zero-order chi connectivity index (χ0) is 8.97.